The van der Waals surface area contributed by atoms with Crippen molar-refractivity contribution in [2.45, 2.75) is 55.6 Å². The molecule has 0 spiro atoms. The van der Waals surface area contributed by atoms with Gasteiger partial charge in [0.05, 0.1) is 30.9 Å². The Balaban J connectivity index is 1.40. The normalized spacial score (nSPS) is 23.7. The average Bonchev–Trinajstić information content (AvgIpc) is 3.33. The van der Waals surface area contributed by atoms with E-state index in [1.165, 1.54) is 36.4 Å². The van der Waals surface area contributed by atoms with Gasteiger partial charge in [-0.3, -0.25) is 0 Å². The maximum Gasteiger partial charge on any atom is 0.243 e. The van der Waals surface area contributed by atoms with Crippen molar-refractivity contribution >= 4 is 27.2 Å². The predicted octanol–water partition coefficient (Wildman–Crippen LogP) is 3.56. The van der Waals surface area contributed by atoms with Gasteiger partial charge in [-0.05, 0) is 44.0 Å². The summed E-state index contributed by atoms with van der Waals surface area (Å²) in [6, 6.07) is 7.54. The van der Waals surface area contributed by atoms with E-state index in [0.717, 1.165) is 17.1 Å². The zero-order valence-corrected chi connectivity index (χ0v) is 21.2. The van der Waals surface area contributed by atoms with Crippen LogP contribution in [-0.4, -0.2) is 62.8 Å². The molecule has 4 N–H and O–H groups in total. The molecule has 1 unspecified atom stereocenters. The molecular weight excluding hydrogens is 466 g/mol. The van der Waals surface area contributed by atoms with Gasteiger partial charge in [0.25, 0.3) is 0 Å². The number of benzene rings is 1. The highest BCUT2D eigenvalue weighted by atomic mass is 32.2. The first kappa shape index (κ1) is 24.0. The first-order valence-corrected chi connectivity index (χ1v) is 13.8. The van der Waals surface area contributed by atoms with Gasteiger partial charge in [0.1, 0.15) is 17.2 Å². The molecule has 1 aromatic heterocycles. The highest BCUT2D eigenvalue weighted by Gasteiger charge is 2.32. The standard InChI is InChI=1S/C25H35N5O4S/c1-25(17-22(20-10-11-26-24(20)29-25)27-18-6-4-3-5-7-18)28-21-9-8-19(16-23(21)33-2)35(31,32)30-12-14-34-15-13-30/h8-11,16-18,26-29H,3-7,12-15H2,1-2H3. The molecule has 3 heterocycles. The Bertz CT molecular complexity index is 1180. The number of morpholine rings is 1. The molecule has 9 nitrogen and oxygen atoms in total. The summed E-state index contributed by atoms with van der Waals surface area (Å²) in [4.78, 5) is 3.51. The van der Waals surface area contributed by atoms with Gasteiger partial charge in [0.15, 0.2) is 0 Å². The van der Waals surface area contributed by atoms with E-state index in [9.17, 15) is 8.42 Å². The topological polar surface area (TPSA) is 108 Å². The highest BCUT2D eigenvalue weighted by molar-refractivity contribution is 7.89. The van der Waals surface area contributed by atoms with Crippen LogP contribution in [0.5, 0.6) is 5.75 Å². The van der Waals surface area contributed by atoms with Crippen molar-refractivity contribution < 1.29 is 17.9 Å². The van der Waals surface area contributed by atoms with Crippen LogP contribution in [0.4, 0.5) is 11.5 Å². The van der Waals surface area contributed by atoms with Gasteiger partial charge in [-0.25, -0.2) is 8.42 Å². The quantitative estimate of drug-likeness (QED) is 0.459. The number of rotatable bonds is 7. The van der Waals surface area contributed by atoms with E-state index in [0.29, 0.717) is 43.8 Å². The molecule has 1 saturated heterocycles. The van der Waals surface area contributed by atoms with E-state index in [4.69, 9.17) is 9.47 Å². The number of H-pyrrole nitrogens is 1. The molecule has 0 amide bonds. The summed E-state index contributed by atoms with van der Waals surface area (Å²) >= 11 is 0. The largest absolute Gasteiger partial charge is 0.495 e. The Labute approximate surface area is 207 Å². The lowest BCUT2D eigenvalue weighted by Gasteiger charge is -2.37. The number of nitrogens with zero attached hydrogens (tertiary/aromatic N) is 1. The third kappa shape index (κ3) is 5.00. The monoisotopic (exact) mass is 501 g/mol. The number of hydrogen-bond donors (Lipinski definition) is 4. The minimum absolute atomic E-state index is 0.213. The van der Waals surface area contributed by atoms with Crippen molar-refractivity contribution in [1.29, 1.82) is 0 Å². The summed E-state index contributed by atoms with van der Waals surface area (Å²) in [5.41, 5.74) is 2.28. The Hall–Kier alpha value is -2.69. The minimum Gasteiger partial charge on any atom is -0.495 e. The second-order valence-corrected chi connectivity index (χ2v) is 11.6. The lowest BCUT2D eigenvalue weighted by atomic mass is 9.94. The van der Waals surface area contributed by atoms with Gasteiger partial charge in [0.2, 0.25) is 10.0 Å². The van der Waals surface area contributed by atoms with Crippen LogP contribution in [0.25, 0.3) is 5.70 Å². The Morgan fingerprint density at radius 3 is 2.66 bits per heavy atom. The number of anilines is 2. The molecule has 1 atom stereocenters. The van der Waals surface area contributed by atoms with E-state index >= 15 is 0 Å². The van der Waals surface area contributed by atoms with Gasteiger partial charge in [-0.2, -0.15) is 4.31 Å². The molecule has 5 rings (SSSR count). The fraction of sp³-hybridized carbons (Fsp3) is 0.520. The van der Waals surface area contributed by atoms with Crippen molar-refractivity contribution in [3.63, 3.8) is 0 Å². The van der Waals surface area contributed by atoms with Gasteiger partial charge in [-0.15, -0.1) is 0 Å². The lowest BCUT2D eigenvalue weighted by Crippen LogP contribution is -2.45. The third-order valence-electron chi connectivity index (χ3n) is 6.99. The molecular formula is C25H35N5O4S. The van der Waals surface area contributed by atoms with Crippen molar-refractivity contribution in [3.05, 3.63) is 42.1 Å². The van der Waals surface area contributed by atoms with Crippen LogP contribution in [0, 0.1) is 0 Å². The molecule has 2 aliphatic heterocycles. The minimum atomic E-state index is -3.61. The Morgan fingerprint density at radius 1 is 1.14 bits per heavy atom. The molecule has 3 aliphatic rings. The van der Waals surface area contributed by atoms with E-state index in [2.05, 4.69) is 40.0 Å². The number of nitrogens with one attached hydrogen (secondary N) is 4. The second-order valence-electron chi connectivity index (χ2n) is 9.63. The van der Waals surface area contributed by atoms with Gasteiger partial charge >= 0.3 is 0 Å². The number of fused-ring (bicyclic) bond motifs is 1. The highest BCUT2D eigenvalue weighted by Crippen LogP contribution is 2.36. The summed E-state index contributed by atoms with van der Waals surface area (Å²) in [7, 11) is -2.06. The smallest absolute Gasteiger partial charge is 0.243 e. The van der Waals surface area contributed by atoms with E-state index in [1.54, 1.807) is 25.3 Å². The van der Waals surface area contributed by atoms with E-state index < -0.39 is 15.7 Å². The molecule has 190 valence electrons. The van der Waals surface area contributed by atoms with E-state index in [-0.39, 0.29) is 4.90 Å². The fourth-order valence-corrected chi connectivity index (χ4v) is 6.59. The molecule has 1 aliphatic carbocycles. The van der Waals surface area contributed by atoms with Crippen LogP contribution in [0.3, 0.4) is 0 Å². The van der Waals surface area contributed by atoms with Gasteiger partial charge in [-0.1, -0.05) is 19.3 Å². The van der Waals surface area contributed by atoms with Crippen LogP contribution in [-0.2, 0) is 14.8 Å². The van der Waals surface area contributed by atoms with Crippen molar-refractivity contribution in [1.82, 2.24) is 14.6 Å². The molecule has 10 heteroatoms. The number of sulfonamides is 1. The summed E-state index contributed by atoms with van der Waals surface area (Å²) in [5.74, 6) is 1.40. The summed E-state index contributed by atoms with van der Waals surface area (Å²) in [6.07, 6.45) is 10.3. The number of methoxy groups -OCH3 is 1. The van der Waals surface area contributed by atoms with Crippen molar-refractivity contribution in [2.24, 2.45) is 0 Å². The molecule has 0 radical (unpaired) electrons. The maximum absolute atomic E-state index is 13.1. The molecule has 2 aromatic rings. The summed E-state index contributed by atoms with van der Waals surface area (Å²) < 4.78 is 38.6. The molecule has 35 heavy (non-hydrogen) atoms. The van der Waals surface area contributed by atoms with Crippen molar-refractivity contribution in [3.8, 4) is 5.75 Å². The maximum atomic E-state index is 13.1. The van der Waals surface area contributed by atoms with Crippen molar-refractivity contribution in [2.75, 3.05) is 44.0 Å². The van der Waals surface area contributed by atoms with Crippen LogP contribution >= 0.6 is 0 Å². The Morgan fingerprint density at radius 2 is 1.91 bits per heavy atom. The van der Waals surface area contributed by atoms with Gasteiger partial charge in [0, 0.05) is 42.7 Å². The summed E-state index contributed by atoms with van der Waals surface area (Å²) in [5, 5.41) is 10.8. The second kappa shape index (κ2) is 9.75. The van der Waals surface area contributed by atoms with Crippen LogP contribution in [0.15, 0.2) is 41.4 Å². The molecule has 0 bridgehead atoms. The first-order valence-electron chi connectivity index (χ1n) is 12.4. The molecule has 2 fully saturated rings. The zero-order valence-electron chi connectivity index (χ0n) is 20.4. The van der Waals surface area contributed by atoms with Crippen LogP contribution in [0.1, 0.15) is 44.6 Å². The summed E-state index contributed by atoms with van der Waals surface area (Å²) in [6.45, 7) is 3.57. The third-order valence-corrected chi connectivity index (χ3v) is 8.89. The molecule has 1 aromatic carbocycles. The van der Waals surface area contributed by atoms with E-state index in [1.807, 2.05) is 6.20 Å². The van der Waals surface area contributed by atoms with Gasteiger partial charge < -0.3 is 30.4 Å². The SMILES string of the molecule is COc1cc(S(=O)(=O)N2CCOCC2)ccc1NC1(C)C=C(NC2CCCCC2)c2cc[nH]c2N1. The number of ether oxygens (including phenoxy) is 2. The Kier molecular flexibility index (Phi) is 6.69. The predicted molar refractivity (Wildman–Crippen MR) is 137 cm³/mol. The number of aromatic amines is 1. The zero-order chi connectivity index (χ0) is 24.5. The number of hydrogen-bond acceptors (Lipinski definition) is 7. The lowest BCUT2D eigenvalue weighted by molar-refractivity contribution is 0.0730. The van der Waals surface area contributed by atoms with Crippen LogP contribution < -0.4 is 20.7 Å². The fourth-order valence-electron chi connectivity index (χ4n) is 5.16. The first-order chi connectivity index (χ1) is 16.9. The average molecular weight is 502 g/mol. The molecule has 1 saturated carbocycles. The number of aromatic nitrogens is 1. The van der Waals surface area contributed by atoms with Crippen LogP contribution in [0.2, 0.25) is 0 Å².